The van der Waals surface area contributed by atoms with Gasteiger partial charge in [-0.25, -0.2) is 0 Å². The summed E-state index contributed by atoms with van der Waals surface area (Å²) in [5.74, 6) is 0.603. The minimum atomic E-state index is -0.510. The number of para-hydroxylation sites is 2. The molecule has 0 radical (unpaired) electrons. The van der Waals surface area contributed by atoms with Crippen molar-refractivity contribution in [3.05, 3.63) is 60.2 Å². The Morgan fingerprint density at radius 2 is 1.76 bits per heavy atom. The quantitative estimate of drug-likeness (QED) is 0.866. The molecule has 0 saturated carbocycles. The molecule has 0 spiro atoms. The van der Waals surface area contributed by atoms with E-state index in [1.165, 1.54) is 4.90 Å². The number of fused-ring (bicyclic) bond motifs is 1. The van der Waals surface area contributed by atoms with E-state index < -0.39 is 6.10 Å². The summed E-state index contributed by atoms with van der Waals surface area (Å²) in [5.41, 5.74) is 1.57. The fraction of sp³-hybridized carbons (Fsp3) is 0.391. The Kier molecular flexibility index (Phi) is 5.81. The van der Waals surface area contributed by atoms with E-state index in [2.05, 4.69) is 0 Å². The molecule has 4 rings (SSSR count). The van der Waals surface area contributed by atoms with E-state index in [4.69, 9.17) is 4.74 Å². The third-order valence-corrected chi connectivity index (χ3v) is 5.80. The van der Waals surface area contributed by atoms with Gasteiger partial charge in [-0.2, -0.15) is 0 Å². The van der Waals surface area contributed by atoms with E-state index in [1.807, 2.05) is 54.6 Å². The SMILES string of the molecule is O=C(CN1C(=O)CCOc2ccccc21)N1CCC([C@@H](O)c2ccccc2)CC1. The zero-order chi connectivity index (χ0) is 20.2. The van der Waals surface area contributed by atoms with Gasteiger partial charge in [0.2, 0.25) is 11.8 Å². The summed E-state index contributed by atoms with van der Waals surface area (Å²) in [6.07, 6.45) is 1.24. The van der Waals surface area contributed by atoms with Crippen molar-refractivity contribution in [2.75, 3.05) is 31.1 Å². The molecule has 6 nitrogen and oxygen atoms in total. The van der Waals surface area contributed by atoms with Crippen molar-refractivity contribution in [1.29, 1.82) is 0 Å². The topological polar surface area (TPSA) is 70.1 Å². The van der Waals surface area contributed by atoms with E-state index in [1.54, 1.807) is 4.90 Å². The third kappa shape index (κ3) is 4.27. The lowest BCUT2D eigenvalue weighted by Gasteiger charge is -2.35. The highest BCUT2D eigenvalue weighted by molar-refractivity contribution is 6.00. The number of piperidine rings is 1. The third-order valence-electron chi connectivity index (χ3n) is 5.80. The number of amides is 2. The second-order valence-corrected chi connectivity index (χ2v) is 7.62. The maximum Gasteiger partial charge on any atom is 0.242 e. The molecule has 0 aromatic heterocycles. The fourth-order valence-electron chi connectivity index (χ4n) is 4.12. The lowest BCUT2D eigenvalue weighted by molar-refractivity contribution is -0.133. The van der Waals surface area contributed by atoms with Crippen LogP contribution in [0.2, 0.25) is 0 Å². The summed E-state index contributed by atoms with van der Waals surface area (Å²) in [6.45, 7) is 1.52. The Morgan fingerprint density at radius 1 is 1.07 bits per heavy atom. The van der Waals surface area contributed by atoms with Crippen LogP contribution in [0.4, 0.5) is 5.69 Å². The average molecular weight is 394 g/mol. The van der Waals surface area contributed by atoms with E-state index in [9.17, 15) is 14.7 Å². The number of aliphatic hydroxyl groups is 1. The van der Waals surface area contributed by atoms with E-state index in [0.29, 0.717) is 31.1 Å². The Bertz CT molecular complexity index is 862. The number of hydrogen-bond donors (Lipinski definition) is 1. The van der Waals surface area contributed by atoms with Crippen LogP contribution in [0, 0.1) is 5.92 Å². The van der Waals surface area contributed by atoms with Gasteiger partial charge in [-0.3, -0.25) is 14.5 Å². The van der Waals surface area contributed by atoms with Gasteiger partial charge in [0.15, 0.2) is 0 Å². The summed E-state index contributed by atoms with van der Waals surface area (Å²) in [5, 5.41) is 10.6. The number of aliphatic hydroxyl groups excluding tert-OH is 1. The van der Waals surface area contributed by atoms with Crippen molar-refractivity contribution in [3.8, 4) is 5.75 Å². The summed E-state index contributed by atoms with van der Waals surface area (Å²) in [6, 6.07) is 17.0. The van der Waals surface area contributed by atoms with Crippen LogP contribution in [0.25, 0.3) is 0 Å². The van der Waals surface area contributed by atoms with E-state index in [0.717, 1.165) is 18.4 Å². The number of nitrogens with zero attached hydrogens (tertiary/aromatic N) is 2. The molecule has 2 aliphatic heterocycles. The number of likely N-dealkylation sites (tertiary alicyclic amines) is 1. The first kappa shape index (κ1) is 19.5. The molecule has 2 aliphatic rings. The highest BCUT2D eigenvalue weighted by Crippen LogP contribution is 2.32. The largest absolute Gasteiger partial charge is 0.491 e. The van der Waals surface area contributed by atoms with Crippen LogP contribution in [0.5, 0.6) is 5.75 Å². The molecule has 29 heavy (non-hydrogen) atoms. The maximum absolute atomic E-state index is 12.9. The minimum absolute atomic E-state index is 0.0190. The van der Waals surface area contributed by atoms with Crippen LogP contribution in [0.1, 0.15) is 30.9 Å². The zero-order valence-corrected chi connectivity index (χ0v) is 16.4. The van der Waals surface area contributed by atoms with Gasteiger partial charge >= 0.3 is 0 Å². The van der Waals surface area contributed by atoms with E-state index >= 15 is 0 Å². The standard InChI is InChI=1S/C23H26N2O4/c26-21-12-15-29-20-9-5-4-8-19(20)25(21)16-22(27)24-13-10-18(11-14-24)23(28)17-6-2-1-3-7-17/h1-9,18,23,28H,10-16H2/t23-/m0/s1. The first-order valence-electron chi connectivity index (χ1n) is 10.2. The van der Waals surface area contributed by atoms with Gasteiger partial charge in [-0.1, -0.05) is 42.5 Å². The van der Waals surface area contributed by atoms with Crippen LogP contribution in [-0.4, -0.2) is 48.1 Å². The van der Waals surface area contributed by atoms with Gasteiger partial charge in [0.05, 0.1) is 24.8 Å². The van der Waals surface area contributed by atoms with Gasteiger partial charge in [-0.05, 0) is 36.5 Å². The number of hydrogen-bond acceptors (Lipinski definition) is 4. The normalized spacial score (nSPS) is 18.6. The van der Waals surface area contributed by atoms with E-state index in [-0.39, 0.29) is 30.7 Å². The molecule has 1 atom stereocenters. The summed E-state index contributed by atoms with van der Waals surface area (Å²) >= 11 is 0. The van der Waals surface area contributed by atoms with Gasteiger partial charge in [-0.15, -0.1) is 0 Å². The first-order chi connectivity index (χ1) is 14.1. The molecule has 1 fully saturated rings. The van der Waals surface area contributed by atoms with Crippen molar-refractivity contribution < 1.29 is 19.4 Å². The highest BCUT2D eigenvalue weighted by Gasteiger charge is 2.31. The molecule has 1 N–H and O–H groups in total. The van der Waals surface area contributed by atoms with Gasteiger partial charge in [0, 0.05) is 13.1 Å². The number of carbonyl (C=O) groups is 2. The van der Waals surface area contributed by atoms with Gasteiger partial charge < -0.3 is 14.7 Å². The van der Waals surface area contributed by atoms with Crippen molar-refractivity contribution in [2.24, 2.45) is 5.92 Å². The minimum Gasteiger partial charge on any atom is -0.491 e. The van der Waals surface area contributed by atoms with Gasteiger partial charge in [0.25, 0.3) is 0 Å². The highest BCUT2D eigenvalue weighted by atomic mass is 16.5. The molecule has 0 unspecified atom stereocenters. The number of rotatable bonds is 4. The molecule has 0 aliphatic carbocycles. The van der Waals surface area contributed by atoms with Crippen LogP contribution in [-0.2, 0) is 9.59 Å². The van der Waals surface area contributed by atoms with Gasteiger partial charge in [0.1, 0.15) is 12.3 Å². The molecule has 0 bridgehead atoms. The van der Waals surface area contributed by atoms with Crippen LogP contribution in [0.15, 0.2) is 54.6 Å². The Balaban J connectivity index is 1.38. The predicted octanol–water partition coefficient (Wildman–Crippen LogP) is 2.77. The lowest BCUT2D eigenvalue weighted by Crippen LogP contribution is -2.46. The van der Waals surface area contributed by atoms with Crippen LogP contribution >= 0.6 is 0 Å². The number of benzene rings is 2. The summed E-state index contributed by atoms with van der Waals surface area (Å²) in [4.78, 5) is 28.8. The number of carbonyl (C=O) groups excluding carboxylic acids is 2. The molecular weight excluding hydrogens is 368 g/mol. The molecule has 1 saturated heterocycles. The molecule has 2 amide bonds. The predicted molar refractivity (Wildman–Crippen MR) is 110 cm³/mol. The monoisotopic (exact) mass is 394 g/mol. The van der Waals surface area contributed by atoms with Crippen molar-refractivity contribution in [3.63, 3.8) is 0 Å². The van der Waals surface area contributed by atoms with Crippen molar-refractivity contribution in [2.45, 2.75) is 25.4 Å². The molecule has 152 valence electrons. The number of ether oxygens (including phenoxy) is 1. The Morgan fingerprint density at radius 3 is 2.52 bits per heavy atom. The maximum atomic E-state index is 12.9. The van der Waals surface area contributed by atoms with Crippen molar-refractivity contribution in [1.82, 2.24) is 4.90 Å². The Labute approximate surface area is 170 Å². The van der Waals surface area contributed by atoms with Crippen LogP contribution < -0.4 is 9.64 Å². The smallest absolute Gasteiger partial charge is 0.242 e. The fourth-order valence-corrected chi connectivity index (χ4v) is 4.12. The zero-order valence-electron chi connectivity index (χ0n) is 16.4. The van der Waals surface area contributed by atoms with Crippen LogP contribution in [0.3, 0.4) is 0 Å². The Hall–Kier alpha value is -2.86. The average Bonchev–Trinajstić information content (AvgIpc) is 2.93. The second-order valence-electron chi connectivity index (χ2n) is 7.62. The molecular formula is C23H26N2O4. The summed E-state index contributed by atoms with van der Waals surface area (Å²) < 4.78 is 5.64. The molecule has 6 heteroatoms. The molecule has 2 aromatic rings. The number of anilines is 1. The molecule has 2 aromatic carbocycles. The van der Waals surface area contributed by atoms with Crippen molar-refractivity contribution >= 4 is 17.5 Å². The second kappa shape index (κ2) is 8.66. The lowest BCUT2D eigenvalue weighted by atomic mass is 9.87. The first-order valence-corrected chi connectivity index (χ1v) is 10.2. The summed E-state index contributed by atoms with van der Waals surface area (Å²) in [7, 11) is 0. The molecule has 2 heterocycles.